The van der Waals surface area contributed by atoms with Gasteiger partial charge in [-0.1, -0.05) is 13.0 Å². The number of fused-ring (bicyclic) bond motifs is 1. The Morgan fingerprint density at radius 1 is 1.37 bits per heavy atom. The lowest BCUT2D eigenvalue weighted by atomic mass is 9.64. The Labute approximate surface area is 160 Å². The number of rotatable bonds is 8. The van der Waals surface area contributed by atoms with Crippen molar-refractivity contribution in [2.45, 2.75) is 32.0 Å². The molecule has 1 aliphatic heterocycles. The molecule has 0 saturated heterocycles. The van der Waals surface area contributed by atoms with Gasteiger partial charge < -0.3 is 19.2 Å². The van der Waals surface area contributed by atoms with Crippen LogP contribution in [0.1, 0.15) is 35.7 Å². The first-order chi connectivity index (χ1) is 12.9. The number of esters is 2. The van der Waals surface area contributed by atoms with Crippen molar-refractivity contribution in [3.05, 3.63) is 29.1 Å². The number of Topliss-reactive ketones (excluding diaryl/α,β-unsaturated/α-hetero) is 1. The Morgan fingerprint density at radius 3 is 2.78 bits per heavy atom. The van der Waals surface area contributed by atoms with Gasteiger partial charge in [0, 0.05) is 18.7 Å². The summed E-state index contributed by atoms with van der Waals surface area (Å²) in [5, 5.41) is 10.2. The second-order valence-corrected chi connectivity index (χ2v) is 6.84. The van der Waals surface area contributed by atoms with Crippen LogP contribution >= 0.6 is 11.8 Å². The average molecular weight is 398 g/mol. The lowest BCUT2D eigenvalue weighted by molar-refractivity contribution is -0.151. The van der Waals surface area contributed by atoms with Crippen LogP contribution in [0.3, 0.4) is 0 Å². The fourth-order valence-electron chi connectivity index (χ4n) is 2.70. The first-order valence-electron chi connectivity index (χ1n) is 8.36. The summed E-state index contributed by atoms with van der Waals surface area (Å²) in [5.41, 5.74) is 0.00847. The normalized spacial score (nSPS) is 15.6. The Morgan fingerprint density at radius 2 is 2.11 bits per heavy atom. The highest BCUT2D eigenvalue weighted by molar-refractivity contribution is 7.99. The fourth-order valence-corrected chi connectivity index (χ4v) is 3.14. The van der Waals surface area contributed by atoms with Crippen LogP contribution in [0.15, 0.2) is 12.1 Å². The van der Waals surface area contributed by atoms with Crippen molar-refractivity contribution in [2.24, 2.45) is 0 Å². The molecule has 0 saturated carbocycles. The molecule has 1 heterocycles. The zero-order valence-electron chi connectivity index (χ0n) is 15.0. The fraction of sp³-hybridized carbons (Fsp3) is 0.471. The Hall–Kier alpha value is -2.07. The molecule has 0 radical (unpaired) electrons. The van der Waals surface area contributed by atoms with Crippen LogP contribution in [0.5, 0.6) is 5.75 Å². The molecule has 146 valence electrons. The van der Waals surface area contributed by atoms with Crippen molar-refractivity contribution in [3.8, 4) is 5.75 Å². The molecule has 0 fully saturated rings. The molecule has 27 heavy (non-hydrogen) atoms. The van der Waals surface area contributed by atoms with Gasteiger partial charge in [0.1, 0.15) is 22.9 Å². The summed E-state index contributed by atoms with van der Waals surface area (Å²) in [4.78, 5) is 35.1. The summed E-state index contributed by atoms with van der Waals surface area (Å²) in [6, 6.07) is 2.53. The zero-order valence-corrected chi connectivity index (χ0v) is 15.8. The largest absolute Gasteiger partial charge is 0.535 e. The maximum atomic E-state index is 14.2. The van der Waals surface area contributed by atoms with Gasteiger partial charge in [0.25, 0.3) is 0 Å². The van der Waals surface area contributed by atoms with Gasteiger partial charge in [0.2, 0.25) is 6.79 Å². The smallest absolute Gasteiger partial charge is 0.526 e. The summed E-state index contributed by atoms with van der Waals surface area (Å²) in [5.74, 6) is -2.84. The van der Waals surface area contributed by atoms with Crippen molar-refractivity contribution < 1.29 is 37.9 Å². The molecule has 10 heteroatoms. The number of benzene rings is 1. The third-order valence-corrected chi connectivity index (χ3v) is 4.62. The van der Waals surface area contributed by atoms with E-state index in [-0.39, 0.29) is 30.8 Å². The predicted molar refractivity (Wildman–Crippen MR) is 97.1 cm³/mol. The maximum Gasteiger partial charge on any atom is 0.526 e. The van der Waals surface area contributed by atoms with E-state index in [1.807, 2.05) is 0 Å². The minimum absolute atomic E-state index is 0.0296. The van der Waals surface area contributed by atoms with E-state index in [1.165, 1.54) is 17.8 Å². The van der Waals surface area contributed by atoms with E-state index >= 15 is 0 Å². The van der Waals surface area contributed by atoms with Gasteiger partial charge in [0.15, 0.2) is 0 Å². The number of hydrogen-bond acceptors (Lipinski definition) is 8. The van der Waals surface area contributed by atoms with Crippen molar-refractivity contribution >= 4 is 36.6 Å². The summed E-state index contributed by atoms with van der Waals surface area (Å²) >= 11 is 1.39. The number of carbonyl (C=O) groups excluding carboxylic acids is 3. The van der Waals surface area contributed by atoms with E-state index in [1.54, 1.807) is 13.2 Å². The molecule has 1 aliphatic rings. The minimum Gasteiger partial charge on any atom is -0.535 e. The van der Waals surface area contributed by atoms with Crippen LogP contribution in [0.2, 0.25) is 5.82 Å². The first kappa shape index (κ1) is 21.2. The van der Waals surface area contributed by atoms with Crippen LogP contribution in [0.4, 0.5) is 4.39 Å². The molecular formula is C17H20BFO7S. The highest BCUT2D eigenvalue weighted by atomic mass is 32.2. The number of ketones is 1. The van der Waals surface area contributed by atoms with Gasteiger partial charge >= 0.3 is 19.1 Å². The second-order valence-electron chi connectivity index (χ2n) is 5.98. The number of hydrogen-bond donors (Lipinski definition) is 1. The monoisotopic (exact) mass is 398 g/mol. The summed E-state index contributed by atoms with van der Waals surface area (Å²) < 4.78 is 28.9. The van der Waals surface area contributed by atoms with E-state index < -0.39 is 43.0 Å². The molecule has 0 bridgehead atoms. The van der Waals surface area contributed by atoms with Crippen molar-refractivity contribution in [3.63, 3.8) is 0 Å². The Kier molecular flexibility index (Phi) is 7.67. The average Bonchev–Trinajstić information content (AvgIpc) is 2.62. The van der Waals surface area contributed by atoms with Gasteiger partial charge in [0.05, 0.1) is 5.75 Å². The summed E-state index contributed by atoms with van der Waals surface area (Å²) in [7, 11) is -1.35. The Balaban J connectivity index is 2.15. The van der Waals surface area contributed by atoms with Gasteiger partial charge in [-0.25, -0.2) is 9.18 Å². The lowest BCUT2D eigenvalue weighted by Crippen LogP contribution is -2.36. The van der Waals surface area contributed by atoms with Crippen molar-refractivity contribution in [2.75, 3.05) is 18.8 Å². The third kappa shape index (κ3) is 5.46. The molecule has 0 amide bonds. The zero-order chi connectivity index (χ0) is 20.0. The first-order valence-corrected chi connectivity index (χ1v) is 9.76. The molecule has 0 aliphatic carbocycles. The van der Waals surface area contributed by atoms with Crippen LogP contribution < -0.4 is 4.65 Å². The topological polar surface area (TPSA) is 99.1 Å². The van der Waals surface area contributed by atoms with Gasteiger partial charge in [-0.05, 0) is 24.3 Å². The Bertz CT molecular complexity index is 727. The van der Waals surface area contributed by atoms with Gasteiger partial charge in [-0.15, -0.1) is 0 Å². The molecule has 1 N–H and O–H groups in total. The number of thioether (sulfide) groups is 1. The highest BCUT2D eigenvalue weighted by Gasteiger charge is 2.38. The predicted octanol–water partition coefficient (Wildman–Crippen LogP) is 2.00. The van der Waals surface area contributed by atoms with Crippen molar-refractivity contribution in [1.29, 1.82) is 0 Å². The lowest BCUT2D eigenvalue weighted by Gasteiger charge is -2.28. The summed E-state index contributed by atoms with van der Waals surface area (Å²) in [6.45, 7) is 0.927. The summed E-state index contributed by atoms with van der Waals surface area (Å²) in [6.07, 6.45) is 2.28. The molecule has 1 aromatic carbocycles. The van der Waals surface area contributed by atoms with E-state index in [9.17, 15) is 23.8 Å². The molecule has 1 atom stereocenters. The maximum absolute atomic E-state index is 14.2. The van der Waals surface area contributed by atoms with Crippen molar-refractivity contribution in [1.82, 2.24) is 0 Å². The molecular weight excluding hydrogens is 378 g/mol. The van der Waals surface area contributed by atoms with Crippen LogP contribution in [-0.2, 0) is 25.5 Å². The van der Waals surface area contributed by atoms with Crippen LogP contribution in [0, 0.1) is 5.82 Å². The molecule has 0 unspecified atom stereocenters. The highest BCUT2D eigenvalue weighted by Crippen LogP contribution is 2.37. The van der Waals surface area contributed by atoms with E-state index in [4.69, 9.17) is 9.39 Å². The van der Waals surface area contributed by atoms with Gasteiger partial charge in [-0.3, -0.25) is 9.59 Å². The third-order valence-electron chi connectivity index (χ3n) is 4.01. The molecule has 2 rings (SSSR count). The minimum atomic E-state index is -1.35. The molecule has 1 aromatic rings. The van der Waals surface area contributed by atoms with E-state index in [2.05, 4.69) is 4.74 Å². The molecule has 0 aromatic heterocycles. The number of halogens is 1. The SMILES string of the molecule is CCC(=O)OCOC(=O)c1c(F)ccc2c1OB(O)[C@@H](CC(=O)CSC)C2. The van der Waals surface area contributed by atoms with E-state index in [0.717, 1.165) is 6.07 Å². The number of ether oxygens (including phenoxy) is 2. The van der Waals surface area contributed by atoms with Crippen LogP contribution in [-0.4, -0.2) is 48.7 Å². The van der Waals surface area contributed by atoms with Crippen LogP contribution in [0.25, 0.3) is 0 Å². The quantitative estimate of drug-likeness (QED) is 0.403. The second kappa shape index (κ2) is 9.75. The van der Waals surface area contributed by atoms with Gasteiger partial charge in [-0.2, -0.15) is 11.8 Å². The van der Waals surface area contributed by atoms with E-state index in [0.29, 0.717) is 11.3 Å². The molecule has 0 spiro atoms. The number of carbonyl (C=O) groups is 3. The molecule has 7 nitrogen and oxygen atoms in total. The standard InChI is InChI=1S/C17H20BFO7S/c1-3-14(21)24-9-25-17(22)15-13(19)5-4-10-6-11(7-12(20)8-27-2)18(23)26-16(10)15/h4-5,11,23H,3,6-9H2,1-2H3/t11-/m1/s1.